The molecule has 0 aliphatic carbocycles. The maximum Gasteiger partial charge on any atom is 0.154 e. The maximum atomic E-state index is 12.1. The van der Waals surface area contributed by atoms with Gasteiger partial charge in [-0.1, -0.05) is 36.4 Å². The van der Waals surface area contributed by atoms with E-state index >= 15 is 0 Å². The molecule has 1 saturated heterocycles. The van der Waals surface area contributed by atoms with Crippen LogP contribution in [0.15, 0.2) is 54.6 Å². The summed E-state index contributed by atoms with van der Waals surface area (Å²) in [5.74, 6) is 0.984. The van der Waals surface area contributed by atoms with Crippen LogP contribution in [0.4, 0.5) is 5.82 Å². The van der Waals surface area contributed by atoms with Crippen molar-refractivity contribution in [2.45, 2.75) is 0 Å². The van der Waals surface area contributed by atoms with Gasteiger partial charge in [0.1, 0.15) is 5.82 Å². The molecule has 0 radical (unpaired) electrons. The van der Waals surface area contributed by atoms with Crippen LogP contribution in [0.5, 0.6) is 0 Å². The van der Waals surface area contributed by atoms with Gasteiger partial charge >= 0.3 is 0 Å². The third kappa shape index (κ3) is 3.11. The summed E-state index contributed by atoms with van der Waals surface area (Å²) in [6, 6.07) is 18.4. The van der Waals surface area contributed by atoms with Crippen LogP contribution in [0.1, 0.15) is 10.4 Å². The van der Waals surface area contributed by atoms with Crippen molar-refractivity contribution in [2.75, 3.05) is 44.2 Å². The Balaban J connectivity index is 1.92. The molecule has 1 aromatic heterocycles. The first-order valence-electron chi connectivity index (χ1n) is 9.20. The molecule has 3 aromatic rings. The van der Waals surface area contributed by atoms with Crippen molar-refractivity contribution in [3.8, 4) is 5.69 Å². The molecule has 0 unspecified atom stereocenters. The topological polar surface area (TPSA) is 49.3 Å². The van der Waals surface area contributed by atoms with Gasteiger partial charge in [-0.3, -0.25) is 9.36 Å². The Morgan fingerprint density at radius 2 is 1.46 bits per heavy atom. The van der Waals surface area contributed by atoms with E-state index in [2.05, 4.69) is 38.3 Å². The van der Waals surface area contributed by atoms with Gasteiger partial charge in [-0.15, -0.1) is 0 Å². The fourth-order valence-electron chi connectivity index (χ4n) is 3.70. The van der Waals surface area contributed by atoms with Gasteiger partial charge in [0.15, 0.2) is 6.29 Å². The molecular weight excluding hydrogens is 324 g/mol. The molecule has 2 aromatic carbocycles. The maximum absolute atomic E-state index is 12.1. The lowest BCUT2D eigenvalue weighted by atomic mass is 10.2. The smallest absolute Gasteiger partial charge is 0.154 e. The zero-order valence-corrected chi connectivity index (χ0v) is 14.8. The Hall–Kier alpha value is -2.63. The second-order valence-electron chi connectivity index (χ2n) is 6.53. The van der Waals surface area contributed by atoms with Gasteiger partial charge in [-0.05, 0) is 18.2 Å². The Morgan fingerprint density at radius 3 is 2.15 bits per heavy atom. The Kier molecular flexibility index (Phi) is 5.00. The van der Waals surface area contributed by atoms with E-state index < -0.39 is 0 Å². The number of carbonyl (C=O) groups is 1. The standard InChI is InChI=1S/C21H24N4O/c26-16-19-18-8-4-5-9-20(18)25(17-6-2-1-3-7-17)21(19)24-14-12-22-10-11-23-13-15-24/h1-9,16,22-23H,10-15H2. The molecule has 4 rings (SSSR count). The molecule has 5 heteroatoms. The minimum absolute atomic E-state index is 0.767. The molecule has 0 atom stereocenters. The number of benzene rings is 2. The Morgan fingerprint density at radius 1 is 0.808 bits per heavy atom. The molecule has 134 valence electrons. The highest BCUT2D eigenvalue weighted by molar-refractivity contribution is 6.05. The summed E-state index contributed by atoms with van der Waals surface area (Å²) >= 11 is 0. The zero-order valence-electron chi connectivity index (χ0n) is 14.8. The monoisotopic (exact) mass is 348 g/mol. The lowest BCUT2D eigenvalue weighted by Crippen LogP contribution is -2.35. The molecule has 0 bridgehead atoms. The molecule has 2 heterocycles. The summed E-state index contributed by atoms with van der Waals surface area (Å²) in [5.41, 5.74) is 2.91. The summed E-state index contributed by atoms with van der Waals surface area (Å²) in [6.07, 6.45) is 1.00. The van der Waals surface area contributed by atoms with Gasteiger partial charge in [0.25, 0.3) is 0 Å². The average molecular weight is 348 g/mol. The number of fused-ring (bicyclic) bond motifs is 1. The predicted molar refractivity (Wildman–Crippen MR) is 107 cm³/mol. The van der Waals surface area contributed by atoms with Crippen molar-refractivity contribution < 1.29 is 4.79 Å². The fraction of sp³-hybridized carbons (Fsp3) is 0.286. The second-order valence-corrected chi connectivity index (χ2v) is 6.53. The van der Waals surface area contributed by atoms with Crippen molar-refractivity contribution in [2.24, 2.45) is 0 Å². The first-order valence-corrected chi connectivity index (χ1v) is 9.20. The minimum atomic E-state index is 0.767. The predicted octanol–water partition coefficient (Wildman–Crippen LogP) is 2.44. The summed E-state index contributed by atoms with van der Waals surface area (Å²) in [7, 11) is 0. The van der Waals surface area contributed by atoms with Crippen LogP contribution >= 0.6 is 0 Å². The molecule has 0 spiro atoms. The number of nitrogens with zero attached hydrogens (tertiary/aromatic N) is 2. The number of nitrogens with one attached hydrogen (secondary N) is 2. The summed E-state index contributed by atoms with van der Waals surface area (Å²) in [6.45, 7) is 5.47. The normalized spacial score (nSPS) is 16.1. The van der Waals surface area contributed by atoms with E-state index in [9.17, 15) is 4.79 Å². The van der Waals surface area contributed by atoms with E-state index in [0.717, 1.165) is 73.5 Å². The highest BCUT2D eigenvalue weighted by atomic mass is 16.1. The number of aromatic nitrogens is 1. The van der Waals surface area contributed by atoms with E-state index in [1.165, 1.54) is 0 Å². The molecule has 1 aliphatic heterocycles. The van der Waals surface area contributed by atoms with Gasteiger partial charge in [0, 0.05) is 50.3 Å². The highest BCUT2D eigenvalue weighted by Gasteiger charge is 2.22. The van der Waals surface area contributed by atoms with E-state index in [1.54, 1.807) is 0 Å². The van der Waals surface area contributed by atoms with Crippen LogP contribution in [0.3, 0.4) is 0 Å². The average Bonchev–Trinajstić information content (AvgIpc) is 3.09. The number of carbonyl (C=O) groups excluding carboxylic acids is 1. The molecule has 2 N–H and O–H groups in total. The summed E-state index contributed by atoms with van der Waals surface area (Å²) in [5, 5.41) is 7.91. The van der Waals surface area contributed by atoms with Crippen LogP contribution in [0, 0.1) is 0 Å². The Bertz CT molecular complexity index is 878. The van der Waals surface area contributed by atoms with Crippen molar-refractivity contribution >= 4 is 23.0 Å². The van der Waals surface area contributed by atoms with Crippen molar-refractivity contribution in [3.63, 3.8) is 0 Å². The third-order valence-electron chi connectivity index (χ3n) is 4.92. The summed E-state index contributed by atoms with van der Waals surface area (Å²) in [4.78, 5) is 14.4. The molecule has 1 fully saturated rings. The first-order chi connectivity index (χ1) is 12.9. The van der Waals surface area contributed by atoms with Crippen LogP contribution in [-0.4, -0.2) is 50.1 Å². The number of aldehydes is 1. The molecule has 0 amide bonds. The number of rotatable bonds is 3. The van der Waals surface area contributed by atoms with Gasteiger partial charge in [0.05, 0.1) is 11.1 Å². The summed E-state index contributed by atoms with van der Waals surface area (Å²) < 4.78 is 2.22. The van der Waals surface area contributed by atoms with Crippen molar-refractivity contribution in [3.05, 3.63) is 60.2 Å². The quantitative estimate of drug-likeness (QED) is 0.714. The van der Waals surface area contributed by atoms with Gasteiger partial charge < -0.3 is 15.5 Å². The largest absolute Gasteiger partial charge is 0.355 e. The number of anilines is 1. The molecule has 26 heavy (non-hydrogen) atoms. The van der Waals surface area contributed by atoms with Crippen LogP contribution in [0.25, 0.3) is 16.6 Å². The number of hydrogen-bond acceptors (Lipinski definition) is 4. The van der Waals surface area contributed by atoms with Gasteiger partial charge in [-0.25, -0.2) is 0 Å². The molecule has 1 aliphatic rings. The van der Waals surface area contributed by atoms with Crippen molar-refractivity contribution in [1.82, 2.24) is 15.2 Å². The number of para-hydroxylation sites is 2. The Labute approximate surface area is 153 Å². The van der Waals surface area contributed by atoms with Crippen molar-refractivity contribution in [1.29, 1.82) is 0 Å². The molecule has 0 saturated carbocycles. The van der Waals surface area contributed by atoms with Crippen LogP contribution in [-0.2, 0) is 0 Å². The van der Waals surface area contributed by atoms with Crippen LogP contribution < -0.4 is 15.5 Å². The van der Waals surface area contributed by atoms with Crippen LogP contribution in [0.2, 0.25) is 0 Å². The van der Waals surface area contributed by atoms with E-state index in [4.69, 9.17) is 0 Å². The third-order valence-corrected chi connectivity index (χ3v) is 4.92. The minimum Gasteiger partial charge on any atom is -0.355 e. The van der Waals surface area contributed by atoms with E-state index in [0.29, 0.717) is 0 Å². The molecular formula is C21H24N4O. The second kappa shape index (κ2) is 7.72. The lowest BCUT2D eigenvalue weighted by molar-refractivity contribution is 0.112. The number of hydrogen-bond donors (Lipinski definition) is 2. The first kappa shape index (κ1) is 16.8. The molecule has 5 nitrogen and oxygen atoms in total. The lowest BCUT2D eigenvalue weighted by Gasteiger charge is -2.26. The SMILES string of the molecule is O=Cc1c(N2CCNCCNCC2)n(-c2ccccc2)c2ccccc12. The fourth-order valence-corrected chi connectivity index (χ4v) is 3.70. The zero-order chi connectivity index (χ0) is 17.8. The highest BCUT2D eigenvalue weighted by Crippen LogP contribution is 2.34. The van der Waals surface area contributed by atoms with Gasteiger partial charge in [0.2, 0.25) is 0 Å². The van der Waals surface area contributed by atoms with Gasteiger partial charge in [-0.2, -0.15) is 0 Å². The van der Waals surface area contributed by atoms with E-state index in [-0.39, 0.29) is 0 Å². The van der Waals surface area contributed by atoms with E-state index in [1.807, 2.05) is 36.4 Å².